The molecule has 0 bridgehead atoms. The maximum Gasteiger partial charge on any atom is 0.368 e. The van der Waals surface area contributed by atoms with Gasteiger partial charge in [0.2, 0.25) is 0 Å². The molecule has 1 aromatic heterocycles. The number of benzene rings is 1. The van der Waals surface area contributed by atoms with E-state index in [4.69, 9.17) is 4.74 Å². The Bertz CT molecular complexity index is 600. The fourth-order valence-electron chi connectivity index (χ4n) is 1.77. The van der Waals surface area contributed by atoms with Crippen molar-refractivity contribution in [3.05, 3.63) is 34.2 Å². The number of hydrogen-bond donors (Lipinski definition) is 0. The number of aryl methyl sites for hydroxylation is 2. The molecule has 0 saturated carbocycles. The third-order valence-corrected chi connectivity index (χ3v) is 2.71. The molecule has 0 aliphatic heterocycles. The van der Waals surface area contributed by atoms with Gasteiger partial charge in [-0.25, -0.2) is 4.79 Å². The highest BCUT2D eigenvalue weighted by Gasteiger charge is 2.10. The van der Waals surface area contributed by atoms with E-state index in [1.807, 2.05) is 19.9 Å². The summed E-state index contributed by atoms with van der Waals surface area (Å²) in [5, 5.41) is 7.75. The van der Waals surface area contributed by atoms with E-state index >= 15 is 0 Å². The number of methoxy groups -OCH3 is 1. The molecule has 0 aliphatic carbocycles. The Balaban J connectivity index is 2.46. The lowest BCUT2D eigenvalue weighted by Crippen LogP contribution is -2.24. The average molecular weight is 248 g/mol. The second kappa shape index (κ2) is 5.03. The first-order chi connectivity index (χ1) is 8.67. The van der Waals surface area contributed by atoms with E-state index in [2.05, 4.69) is 10.4 Å². The maximum absolute atomic E-state index is 12.0. The summed E-state index contributed by atoms with van der Waals surface area (Å²) in [4.78, 5) is 12.0. The second-order valence-corrected chi connectivity index (χ2v) is 4.05. The zero-order valence-electron chi connectivity index (χ0n) is 10.8. The number of rotatable bonds is 4. The van der Waals surface area contributed by atoms with Crippen molar-refractivity contribution < 1.29 is 4.74 Å². The van der Waals surface area contributed by atoms with Crippen LogP contribution >= 0.6 is 0 Å². The van der Waals surface area contributed by atoms with Gasteiger partial charge in [-0.15, -0.1) is 0 Å². The van der Waals surface area contributed by atoms with Gasteiger partial charge in [-0.1, -0.05) is 6.92 Å². The Kier molecular flexibility index (Phi) is 3.45. The van der Waals surface area contributed by atoms with Crippen molar-refractivity contribution in [3.8, 4) is 11.4 Å². The third kappa shape index (κ3) is 2.13. The lowest BCUT2D eigenvalue weighted by Gasteiger charge is -2.05. The highest BCUT2D eigenvalue weighted by atomic mass is 16.5. The molecule has 1 heterocycles. The lowest BCUT2D eigenvalue weighted by molar-refractivity contribution is 0.414. The Hall–Kier alpha value is -2.11. The van der Waals surface area contributed by atoms with Crippen molar-refractivity contribution in [2.45, 2.75) is 26.8 Å². The summed E-state index contributed by atoms with van der Waals surface area (Å²) in [5.74, 6) is 0.755. The van der Waals surface area contributed by atoms with E-state index in [1.54, 1.807) is 19.2 Å². The summed E-state index contributed by atoms with van der Waals surface area (Å²) in [7, 11) is 1.61. The molecule has 0 atom stereocenters. The normalized spacial score (nSPS) is 10.6. The molecule has 0 aliphatic rings. The molecule has 0 N–H and O–H groups in total. The number of aromatic nitrogens is 4. The molecule has 0 saturated heterocycles. The Morgan fingerprint density at radius 3 is 2.72 bits per heavy atom. The summed E-state index contributed by atoms with van der Waals surface area (Å²) < 4.78 is 7.81. The Morgan fingerprint density at radius 2 is 2.11 bits per heavy atom. The fourth-order valence-corrected chi connectivity index (χ4v) is 1.77. The predicted molar refractivity (Wildman–Crippen MR) is 67.2 cm³/mol. The summed E-state index contributed by atoms with van der Waals surface area (Å²) in [6.45, 7) is 4.47. The van der Waals surface area contributed by atoms with Crippen LogP contribution in [-0.2, 0) is 6.54 Å². The molecule has 0 spiro atoms. The Labute approximate surface area is 105 Å². The fraction of sp³-hybridized carbons (Fsp3) is 0.417. The van der Waals surface area contributed by atoms with E-state index in [9.17, 15) is 4.79 Å². The van der Waals surface area contributed by atoms with Gasteiger partial charge in [-0.05, 0) is 47.5 Å². The van der Waals surface area contributed by atoms with Crippen LogP contribution in [0, 0.1) is 6.92 Å². The minimum atomic E-state index is -0.217. The monoisotopic (exact) mass is 248 g/mol. The number of ether oxygens (including phenoxy) is 1. The highest BCUT2D eigenvalue weighted by Crippen LogP contribution is 2.18. The number of nitrogens with zero attached hydrogens (tertiary/aromatic N) is 4. The predicted octanol–water partition coefficient (Wildman–Crippen LogP) is 1.16. The van der Waals surface area contributed by atoms with Crippen LogP contribution in [0.3, 0.4) is 0 Å². The van der Waals surface area contributed by atoms with Crippen LogP contribution in [0.2, 0.25) is 0 Å². The van der Waals surface area contributed by atoms with E-state index in [0.717, 1.165) is 23.4 Å². The minimum Gasteiger partial charge on any atom is -0.497 e. The minimum absolute atomic E-state index is 0.217. The standard InChI is InChI=1S/C12H16N4O2/c1-4-7-15-12(17)16(14-13-15)11-6-5-10(18-3)8-9(11)2/h5-6,8H,4,7H2,1-3H3. The molecule has 0 radical (unpaired) electrons. The Morgan fingerprint density at radius 1 is 1.33 bits per heavy atom. The van der Waals surface area contributed by atoms with Gasteiger partial charge in [-0.2, -0.15) is 9.36 Å². The van der Waals surface area contributed by atoms with E-state index in [-0.39, 0.29) is 5.69 Å². The lowest BCUT2D eigenvalue weighted by atomic mass is 10.2. The second-order valence-electron chi connectivity index (χ2n) is 4.05. The van der Waals surface area contributed by atoms with Gasteiger partial charge in [0.25, 0.3) is 0 Å². The molecular weight excluding hydrogens is 232 g/mol. The molecule has 1 aromatic carbocycles. The zero-order valence-corrected chi connectivity index (χ0v) is 10.8. The molecule has 6 nitrogen and oxygen atoms in total. The largest absolute Gasteiger partial charge is 0.497 e. The van der Waals surface area contributed by atoms with Gasteiger partial charge in [0.15, 0.2) is 0 Å². The van der Waals surface area contributed by atoms with Crippen LogP contribution in [0.25, 0.3) is 5.69 Å². The van der Waals surface area contributed by atoms with Crippen LogP contribution in [0.4, 0.5) is 0 Å². The molecule has 0 amide bonds. The summed E-state index contributed by atoms with van der Waals surface area (Å²) in [5.41, 5.74) is 1.42. The molecule has 2 rings (SSSR count). The van der Waals surface area contributed by atoms with Crippen LogP contribution in [-0.4, -0.2) is 26.9 Å². The van der Waals surface area contributed by atoms with E-state index in [1.165, 1.54) is 9.36 Å². The van der Waals surface area contributed by atoms with Crippen molar-refractivity contribution in [3.63, 3.8) is 0 Å². The van der Waals surface area contributed by atoms with Gasteiger partial charge in [-0.3, -0.25) is 0 Å². The molecule has 0 unspecified atom stereocenters. The van der Waals surface area contributed by atoms with Crippen LogP contribution in [0.5, 0.6) is 5.75 Å². The van der Waals surface area contributed by atoms with Gasteiger partial charge >= 0.3 is 5.69 Å². The van der Waals surface area contributed by atoms with Crippen LogP contribution in [0.15, 0.2) is 23.0 Å². The van der Waals surface area contributed by atoms with Gasteiger partial charge in [0.05, 0.1) is 12.8 Å². The quantitative estimate of drug-likeness (QED) is 0.814. The molecule has 2 aromatic rings. The van der Waals surface area contributed by atoms with Crippen LogP contribution < -0.4 is 10.4 Å². The molecular formula is C12H16N4O2. The number of hydrogen-bond acceptors (Lipinski definition) is 4. The van der Waals surface area contributed by atoms with Crippen molar-refractivity contribution in [2.24, 2.45) is 0 Å². The number of tetrazole rings is 1. The first-order valence-corrected chi connectivity index (χ1v) is 5.85. The molecule has 96 valence electrons. The van der Waals surface area contributed by atoms with Gasteiger partial charge in [0.1, 0.15) is 5.75 Å². The summed E-state index contributed by atoms with van der Waals surface area (Å²) in [6.07, 6.45) is 0.847. The highest BCUT2D eigenvalue weighted by molar-refractivity contribution is 5.44. The van der Waals surface area contributed by atoms with Crippen molar-refractivity contribution in [1.82, 2.24) is 19.8 Å². The first kappa shape index (κ1) is 12.3. The van der Waals surface area contributed by atoms with Crippen LogP contribution in [0.1, 0.15) is 18.9 Å². The van der Waals surface area contributed by atoms with Crippen molar-refractivity contribution in [2.75, 3.05) is 7.11 Å². The third-order valence-electron chi connectivity index (χ3n) is 2.71. The van der Waals surface area contributed by atoms with Crippen molar-refractivity contribution in [1.29, 1.82) is 0 Å². The zero-order chi connectivity index (χ0) is 13.1. The smallest absolute Gasteiger partial charge is 0.368 e. The molecule has 0 fully saturated rings. The van der Waals surface area contributed by atoms with Crippen molar-refractivity contribution >= 4 is 0 Å². The average Bonchev–Trinajstić information content (AvgIpc) is 2.72. The maximum atomic E-state index is 12.0. The van der Waals surface area contributed by atoms with E-state index < -0.39 is 0 Å². The molecule has 18 heavy (non-hydrogen) atoms. The topological polar surface area (TPSA) is 61.9 Å². The van der Waals surface area contributed by atoms with E-state index in [0.29, 0.717) is 6.54 Å². The summed E-state index contributed by atoms with van der Waals surface area (Å²) in [6, 6.07) is 5.47. The molecule has 6 heteroatoms. The first-order valence-electron chi connectivity index (χ1n) is 5.85. The SMILES string of the molecule is CCCn1nnn(-c2ccc(OC)cc2C)c1=O. The van der Waals surface area contributed by atoms with Gasteiger partial charge < -0.3 is 4.74 Å². The van der Waals surface area contributed by atoms with Gasteiger partial charge in [0, 0.05) is 6.54 Å². The summed E-state index contributed by atoms with van der Waals surface area (Å²) >= 11 is 0.